The van der Waals surface area contributed by atoms with Crippen LogP contribution in [0.2, 0.25) is 5.02 Å². The quantitative estimate of drug-likeness (QED) is 0.867. The summed E-state index contributed by atoms with van der Waals surface area (Å²) in [7, 11) is 0. The molecule has 0 saturated heterocycles. The first-order valence-electron chi connectivity index (χ1n) is 6.10. The lowest BCUT2D eigenvalue weighted by molar-refractivity contribution is 0.0520. The molecule has 0 bridgehead atoms. The van der Waals surface area contributed by atoms with Crippen molar-refractivity contribution in [1.29, 1.82) is 5.26 Å². The van der Waals surface area contributed by atoms with E-state index in [2.05, 4.69) is 5.32 Å². The number of hydrogen-bond acceptors (Lipinski definition) is 4. The predicted molar refractivity (Wildman–Crippen MR) is 75.9 cm³/mol. The first kappa shape index (κ1) is 16.1. The Balaban J connectivity index is 2.37. The molecule has 6 heteroatoms. The smallest absolute Gasteiger partial charge is 0.407 e. The van der Waals surface area contributed by atoms with Crippen LogP contribution in [0.15, 0.2) is 18.2 Å². The van der Waals surface area contributed by atoms with Gasteiger partial charge in [-0.3, -0.25) is 0 Å². The third-order valence-electron chi connectivity index (χ3n) is 2.04. The zero-order valence-electron chi connectivity index (χ0n) is 11.7. The molecule has 20 heavy (non-hydrogen) atoms. The zero-order valence-corrected chi connectivity index (χ0v) is 12.5. The summed E-state index contributed by atoms with van der Waals surface area (Å²) >= 11 is 5.84. The normalized spacial score (nSPS) is 10.6. The van der Waals surface area contributed by atoms with Crippen LogP contribution in [-0.2, 0) is 4.74 Å². The standard InChI is InChI=1S/C14H17ClN2O3/c1-14(2,3)20-13(18)17-4-5-19-12-7-10(9-16)6-11(15)8-12/h6-8H,4-5H2,1-3H3,(H,17,18). The van der Waals surface area contributed by atoms with E-state index >= 15 is 0 Å². The van der Waals surface area contributed by atoms with Crippen LogP contribution in [0.3, 0.4) is 0 Å². The number of nitriles is 1. The van der Waals surface area contributed by atoms with E-state index in [1.807, 2.05) is 6.07 Å². The van der Waals surface area contributed by atoms with Gasteiger partial charge in [0.15, 0.2) is 0 Å². The molecule has 0 aliphatic rings. The van der Waals surface area contributed by atoms with E-state index in [0.717, 1.165) is 0 Å². The van der Waals surface area contributed by atoms with Crippen molar-refractivity contribution in [2.45, 2.75) is 26.4 Å². The molecule has 1 amide bonds. The number of benzene rings is 1. The zero-order chi connectivity index (χ0) is 15.2. The maximum Gasteiger partial charge on any atom is 0.407 e. The number of nitrogens with zero attached hydrogens (tertiary/aromatic N) is 1. The van der Waals surface area contributed by atoms with Gasteiger partial charge in [-0.25, -0.2) is 4.79 Å². The molecule has 0 fully saturated rings. The minimum Gasteiger partial charge on any atom is -0.492 e. The Morgan fingerprint density at radius 2 is 2.10 bits per heavy atom. The monoisotopic (exact) mass is 296 g/mol. The molecule has 1 N–H and O–H groups in total. The van der Waals surface area contributed by atoms with Crippen molar-refractivity contribution in [3.05, 3.63) is 28.8 Å². The van der Waals surface area contributed by atoms with Crippen LogP contribution in [0.1, 0.15) is 26.3 Å². The average molecular weight is 297 g/mol. The lowest BCUT2D eigenvalue weighted by Crippen LogP contribution is -2.34. The number of nitrogens with one attached hydrogen (secondary N) is 1. The Morgan fingerprint density at radius 1 is 1.40 bits per heavy atom. The third kappa shape index (κ3) is 6.30. The summed E-state index contributed by atoms with van der Waals surface area (Å²) in [6.07, 6.45) is -0.495. The van der Waals surface area contributed by atoms with Crippen molar-refractivity contribution in [2.24, 2.45) is 0 Å². The molecular weight excluding hydrogens is 280 g/mol. The maximum atomic E-state index is 11.4. The van der Waals surface area contributed by atoms with Crippen molar-refractivity contribution >= 4 is 17.7 Å². The average Bonchev–Trinajstić information content (AvgIpc) is 2.32. The molecule has 0 atom stereocenters. The Morgan fingerprint density at radius 3 is 2.70 bits per heavy atom. The molecule has 0 unspecified atom stereocenters. The lowest BCUT2D eigenvalue weighted by Gasteiger charge is -2.19. The van der Waals surface area contributed by atoms with Gasteiger partial charge in [-0.1, -0.05) is 11.6 Å². The van der Waals surface area contributed by atoms with E-state index in [1.54, 1.807) is 39.0 Å². The van der Waals surface area contributed by atoms with Gasteiger partial charge in [0.05, 0.1) is 18.2 Å². The minimum atomic E-state index is -0.528. The van der Waals surface area contributed by atoms with Gasteiger partial charge < -0.3 is 14.8 Å². The second kappa shape index (κ2) is 7.01. The largest absolute Gasteiger partial charge is 0.492 e. The molecule has 0 aromatic heterocycles. The number of ether oxygens (including phenoxy) is 2. The Labute approximate surface area is 123 Å². The lowest BCUT2D eigenvalue weighted by atomic mass is 10.2. The number of halogens is 1. The molecular formula is C14H17ClN2O3. The van der Waals surface area contributed by atoms with Gasteiger partial charge in [-0.05, 0) is 39.0 Å². The summed E-state index contributed by atoms with van der Waals surface area (Å²) < 4.78 is 10.5. The predicted octanol–water partition coefficient (Wildman–Crippen LogP) is 3.12. The molecule has 0 aliphatic heterocycles. The van der Waals surface area contributed by atoms with E-state index in [9.17, 15) is 4.79 Å². The second-order valence-electron chi connectivity index (χ2n) is 5.06. The molecule has 0 aliphatic carbocycles. The van der Waals surface area contributed by atoms with Gasteiger partial charge in [0, 0.05) is 5.02 Å². The highest BCUT2D eigenvalue weighted by molar-refractivity contribution is 6.30. The molecule has 1 aromatic carbocycles. The Kier molecular flexibility index (Phi) is 5.66. The van der Waals surface area contributed by atoms with E-state index < -0.39 is 11.7 Å². The molecule has 1 aromatic rings. The van der Waals surface area contributed by atoms with Crippen molar-refractivity contribution in [1.82, 2.24) is 5.32 Å². The first-order chi connectivity index (χ1) is 9.30. The molecule has 1 rings (SSSR count). The Hall–Kier alpha value is -1.93. The van der Waals surface area contributed by atoms with Crippen LogP contribution in [0, 0.1) is 11.3 Å². The van der Waals surface area contributed by atoms with Gasteiger partial charge in [0.2, 0.25) is 0 Å². The van der Waals surface area contributed by atoms with Crippen LogP contribution in [0.5, 0.6) is 5.75 Å². The maximum absolute atomic E-state index is 11.4. The van der Waals surface area contributed by atoms with Gasteiger partial charge in [0.25, 0.3) is 0 Å². The van der Waals surface area contributed by atoms with Gasteiger partial charge in [0.1, 0.15) is 18.0 Å². The van der Waals surface area contributed by atoms with E-state index in [4.69, 9.17) is 26.3 Å². The van der Waals surface area contributed by atoms with E-state index in [0.29, 0.717) is 22.9 Å². The summed E-state index contributed by atoms with van der Waals surface area (Å²) in [4.78, 5) is 11.4. The summed E-state index contributed by atoms with van der Waals surface area (Å²) in [5.41, 5.74) is -0.104. The fourth-order valence-corrected chi connectivity index (χ4v) is 1.57. The van der Waals surface area contributed by atoms with Gasteiger partial charge >= 0.3 is 6.09 Å². The minimum absolute atomic E-state index is 0.254. The fourth-order valence-electron chi connectivity index (χ4n) is 1.35. The SMILES string of the molecule is CC(C)(C)OC(=O)NCCOc1cc(Cl)cc(C#N)c1. The fraction of sp³-hybridized carbons (Fsp3) is 0.429. The number of hydrogen-bond donors (Lipinski definition) is 1. The number of carbonyl (C=O) groups is 1. The number of amides is 1. The summed E-state index contributed by atoms with van der Waals surface area (Å²) in [5, 5.41) is 11.8. The topological polar surface area (TPSA) is 71.3 Å². The van der Waals surface area contributed by atoms with Crippen molar-refractivity contribution in [3.63, 3.8) is 0 Å². The third-order valence-corrected chi connectivity index (χ3v) is 2.26. The van der Waals surface area contributed by atoms with Crippen LogP contribution in [-0.4, -0.2) is 24.8 Å². The van der Waals surface area contributed by atoms with Crippen LogP contribution >= 0.6 is 11.6 Å². The molecule has 5 nitrogen and oxygen atoms in total. The molecule has 0 saturated carbocycles. The number of rotatable bonds is 4. The van der Waals surface area contributed by atoms with Crippen LogP contribution in [0.25, 0.3) is 0 Å². The van der Waals surface area contributed by atoms with E-state index in [-0.39, 0.29) is 6.61 Å². The van der Waals surface area contributed by atoms with E-state index in [1.165, 1.54) is 0 Å². The first-order valence-corrected chi connectivity index (χ1v) is 6.48. The van der Waals surface area contributed by atoms with Gasteiger partial charge in [-0.15, -0.1) is 0 Å². The number of carbonyl (C=O) groups excluding carboxylic acids is 1. The van der Waals surface area contributed by atoms with Crippen molar-refractivity contribution in [2.75, 3.05) is 13.2 Å². The number of alkyl carbamates (subject to hydrolysis) is 1. The summed E-state index contributed by atoms with van der Waals surface area (Å²) in [5.74, 6) is 0.486. The second-order valence-corrected chi connectivity index (χ2v) is 5.50. The molecule has 108 valence electrons. The molecule has 0 radical (unpaired) electrons. The summed E-state index contributed by atoms with van der Waals surface area (Å²) in [6, 6.07) is 6.73. The highest BCUT2D eigenvalue weighted by Gasteiger charge is 2.15. The highest BCUT2D eigenvalue weighted by atomic mass is 35.5. The Bertz CT molecular complexity index is 518. The molecule has 0 heterocycles. The van der Waals surface area contributed by atoms with Gasteiger partial charge in [-0.2, -0.15) is 5.26 Å². The molecule has 0 spiro atoms. The van der Waals surface area contributed by atoms with Crippen molar-refractivity contribution in [3.8, 4) is 11.8 Å². The highest BCUT2D eigenvalue weighted by Crippen LogP contribution is 2.20. The van der Waals surface area contributed by atoms with Crippen LogP contribution in [0.4, 0.5) is 4.79 Å². The van der Waals surface area contributed by atoms with Crippen LogP contribution < -0.4 is 10.1 Å². The van der Waals surface area contributed by atoms with Crippen molar-refractivity contribution < 1.29 is 14.3 Å². The summed E-state index contributed by atoms with van der Waals surface area (Å²) in [6.45, 7) is 5.92.